The first kappa shape index (κ1) is 40.2. The second-order valence-electron chi connectivity index (χ2n) is 19.2. The first-order valence-electron chi connectivity index (χ1n) is 22.1. The van der Waals surface area contributed by atoms with E-state index in [1.807, 2.05) is 43.3 Å². The van der Waals surface area contributed by atoms with Gasteiger partial charge in [0, 0.05) is 23.3 Å². The van der Waals surface area contributed by atoms with Crippen molar-refractivity contribution in [2.75, 3.05) is 6.54 Å². The van der Waals surface area contributed by atoms with Crippen LogP contribution in [0, 0.1) is 30.6 Å². The van der Waals surface area contributed by atoms with Gasteiger partial charge in [-0.2, -0.15) is 0 Å². The molecule has 1 saturated heterocycles. The lowest BCUT2D eigenvalue weighted by molar-refractivity contribution is -0.144. The molecule has 13 nitrogen and oxygen atoms in total. The van der Waals surface area contributed by atoms with E-state index in [-0.39, 0.29) is 25.5 Å². The van der Waals surface area contributed by atoms with Crippen molar-refractivity contribution in [1.29, 1.82) is 0 Å². The van der Waals surface area contributed by atoms with Crippen molar-refractivity contribution in [3.05, 3.63) is 47.7 Å². The Labute approximate surface area is 347 Å². The fraction of sp³-hybridized carbons (Fsp3) is 0.667. The number of carbonyl (C=O) groups excluding carboxylic acids is 4. The fourth-order valence-corrected chi connectivity index (χ4v) is 12.4. The van der Waals surface area contributed by atoms with Gasteiger partial charge in [0.15, 0.2) is 0 Å². The van der Waals surface area contributed by atoms with Gasteiger partial charge < -0.3 is 25.0 Å². The van der Waals surface area contributed by atoms with Gasteiger partial charge in [-0.15, -0.1) is 0 Å². The highest BCUT2D eigenvalue weighted by atomic mass is 32.2. The second kappa shape index (κ2) is 15.1. The maximum Gasteiger partial charge on any atom is 0.408 e. The molecule has 0 bridgehead atoms. The number of nitrogens with one attached hydrogen (secondary N) is 3. The summed E-state index contributed by atoms with van der Waals surface area (Å²) in [5.74, 6) is 0.0346. The first-order chi connectivity index (χ1) is 28.2. The molecular formula is C45H59N5O8S. The number of amides is 4. The van der Waals surface area contributed by atoms with Crippen LogP contribution in [0.4, 0.5) is 4.79 Å². The van der Waals surface area contributed by atoms with Crippen LogP contribution in [-0.2, 0) is 35.6 Å². The van der Waals surface area contributed by atoms with Gasteiger partial charge in [0.25, 0.3) is 5.91 Å². The van der Waals surface area contributed by atoms with E-state index in [2.05, 4.69) is 22.3 Å². The summed E-state index contributed by atoms with van der Waals surface area (Å²) in [4.78, 5) is 64.3. The molecule has 3 N–H and O–H groups in total. The molecule has 1 aromatic heterocycles. The smallest absolute Gasteiger partial charge is 0.408 e. The molecule has 5 fully saturated rings. The lowest BCUT2D eigenvalue weighted by atomic mass is 9.60. The predicted octanol–water partition coefficient (Wildman–Crippen LogP) is 5.91. The number of sulfonamides is 1. The molecule has 1 spiro atoms. The Bertz CT molecular complexity index is 2190. The molecule has 14 heteroatoms. The van der Waals surface area contributed by atoms with Crippen molar-refractivity contribution in [3.8, 4) is 5.75 Å². The summed E-state index contributed by atoms with van der Waals surface area (Å²) in [5, 5.41) is 7.01. The second-order valence-corrected chi connectivity index (χ2v) is 21.3. The van der Waals surface area contributed by atoms with Gasteiger partial charge in [0.1, 0.15) is 35.1 Å². The molecule has 4 saturated carbocycles. The molecule has 318 valence electrons. The maximum atomic E-state index is 15.0. The zero-order valence-corrected chi connectivity index (χ0v) is 35.4. The summed E-state index contributed by atoms with van der Waals surface area (Å²) < 4.78 is 41.1. The highest BCUT2D eigenvalue weighted by Gasteiger charge is 2.60. The van der Waals surface area contributed by atoms with Crippen LogP contribution in [0.2, 0.25) is 0 Å². The predicted molar refractivity (Wildman–Crippen MR) is 221 cm³/mol. The minimum Gasteiger partial charge on any atom is -0.483 e. The largest absolute Gasteiger partial charge is 0.483 e. The molecule has 9 atom stereocenters. The summed E-state index contributed by atoms with van der Waals surface area (Å²) in [7, 11) is -4.00. The molecule has 7 aliphatic rings. The molecule has 9 unspecified atom stereocenters. The molecule has 4 aliphatic carbocycles. The summed E-state index contributed by atoms with van der Waals surface area (Å²) in [6.07, 6.45) is 13.6. The normalized spacial score (nSPS) is 35.2. The van der Waals surface area contributed by atoms with Crippen LogP contribution in [0.5, 0.6) is 5.75 Å². The van der Waals surface area contributed by atoms with Crippen molar-refractivity contribution >= 4 is 44.7 Å². The van der Waals surface area contributed by atoms with Crippen LogP contribution >= 0.6 is 0 Å². The fourth-order valence-electron chi connectivity index (χ4n) is 11.0. The number of carbonyl (C=O) groups is 4. The number of aromatic nitrogens is 1. The molecule has 4 amide bonds. The lowest BCUT2D eigenvalue weighted by Crippen LogP contribution is -2.70. The average Bonchev–Trinajstić information content (AvgIpc) is 3.84. The number of alkyl carbamates (subject to hydrolysis) is 1. The quantitative estimate of drug-likeness (QED) is 0.310. The summed E-state index contributed by atoms with van der Waals surface area (Å²) >= 11 is 0. The van der Waals surface area contributed by atoms with Crippen molar-refractivity contribution in [1.82, 2.24) is 25.2 Å². The van der Waals surface area contributed by atoms with Crippen LogP contribution < -0.4 is 20.1 Å². The maximum absolute atomic E-state index is 15.0. The van der Waals surface area contributed by atoms with Crippen LogP contribution in [0.15, 0.2) is 36.4 Å². The van der Waals surface area contributed by atoms with Crippen LogP contribution in [0.3, 0.4) is 0 Å². The molecule has 2 aromatic rings. The van der Waals surface area contributed by atoms with Gasteiger partial charge >= 0.3 is 6.09 Å². The minimum absolute atomic E-state index is 0.0857. The van der Waals surface area contributed by atoms with Crippen molar-refractivity contribution in [3.63, 3.8) is 0 Å². The zero-order valence-electron chi connectivity index (χ0n) is 34.6. The van der Waals surface area contributed by atoms with Gasteiger partial charge in [-0.05, 0) is 121 Å². The van der Waals surface area contributed by atoms with Gasteiger partial charge in [-0.25, -0.2) is 18.2 Å². The van der Waals surface area contributed by atoms with E-state index in [1.54, 1.807) is 6.92 Å². The van der Waals surface area contributed by atoms with E-state index in [0.29, 0.717) is 68.4 Å². The number of aryl methyl sites for hydroxylation is 2. The number of pyridine rings is 1. The minimum atomic E-state index is -4.00. The number of benzene rings is 1. The van der Waals surface area contributed by atoms with E-state index >= 15 is 4.79 Å². The molecule has 0 radical (unpaired) electrons. The van der Waals surface area contributed by atoms with E-state index in [0.717, 1.165) is 67.1 Å². The van der Waals surface area contributed by atoms with Crippen LogP contribution in [0.25, 0.3) is 10.9 Å². The van der Waals surface area contributed by atoms with E-state index in [4.69, 9.17) is 14.5 Å². The molecule has 59 heavy (non-hydrogen) atoms. The standard InChI is InChI=1S/C45H59N5O8S/c1-27-15-18-37(32-17-16-30(27)32)57-42(54)47-35-14-8-6-4-5-7-11-29-19-22-45(29,41(53)49-59(55,56)43(3)23-24-43)48-39(51)36-25-44(26-50(36)40(35)52)21-20-33-31-12-9-10-13-34(31)46-28(2)38(33)58-44/h7,9-13,27,29-30,32,35-37H,4-6,8,14-26H2,1-3H3,(H,47,54)(H,48,51)(H,49,53). The Hall–Kier alpha value is -4.20. The molecule has 1 aromatic carbocycles. The third-order valence-corrected chi connectivity index (χ3v) is 17.6. The van der Waals surface area contributed by atoms with Gasteiger partial charge in [-0.3, -0.25) is 19.1 Å². The topological polar surface area (TPSA) is 173 Å². The molecule has 9 rings (SSSR count). The van der Waals surface area contributed by atoms with Crippen molar-refractivity contribution < 1.29 is 37.1 Å². The zero-order chi connectivity index (χ0) is 41.3. The van der Waals surface area contributed by atoms with Gasteiger partial charge in [-0.1, -0.05) is 50.1 Å². The molecule has 4 heterocycles. The first-order valence-corrected chi connectivity index (χ1v) is 23.6. The summed E-state index contributed by atoms with van der Waals surface area (Å²) in [5.41, 5.74) is 0.160. The van der Waals surface area contributed by atoms with Crippen molar-refractivity contribution in [2.24, 2.45) is 23.7 Å². The number of ether oxygens (including phenoxy) is 2. The number of nitrogens with zero attached hydrogens (tertiary/aromatic N) is 2. The molecular weight excluding hydrogens is 771 g/mol. The SMILES string of the molecule is Cc1nc2ccccc2c2c1OC1(CC2)CC2C(=O)NC3(C(=O)NS(=O)(=O)C4(C)CC4)CCC3C=CCCCCCC(NC(=O)OC3CCC(C)C4CCC34)C(=O)N2C1. The molecule has 3 aliphatic heterocycles. The number of hydrogen-bond donors (Lipinski definition) is 3. The Morgan fingerprint density at radius 3 is 2.53 bits per heavy atom. The highest BCUT2D eigenvalue weighted by Crippen LogP contribution is 2.50. The van der Waals surface area contributed by atoms with E-state index in [9.17, 15) is 22.8 Å². The Morgan fingerprint density at radius 1 is 0.983 bits per heavy atom. The monoisotopic (exact) mass is 829 g/mol. The third kappa shape index (κ3) is 7.18. The average molecular weight is 830 g/mol. The number of para-hydroxylation sites is 1. The number of fused-ring (bicyclic) bond motifs is 6. The van der Waals surface area contributed by atoms with Crippen LogP contribution in [-0.4, -0.2) is 82.7 Å². The van der Waals surface area contributed by atoms with Gasteiger partial charge in [0.2, 0.25) is 21.8 Å². The van der Waals surface area contributed by atoms with E-state index < -0.39 is 67.7 Å². The number of hydrogen-bond acceptors (Lipinski definition) is 9. The third-order valence-electron chi connectivity index (χ3n) is 15.4. The van der Waals surface area contributed by atoms with Crippen LogP contribution in [0.1, 0.15) is 121 Å². The summed E-state index contributed by atoms with van der Waals surface area (Å²) in [6.45, 7) is 5.89. The Balaban J connectivity index is 1.03. The van der Waals surface area contributed by atoms with Gasteiger partial charge in [0.05, 0.1) is 22.5 Å². The lowest BCUT2D eigenvalue weighted by Gasteiger charge is -2.48. The number of rotatable bonds is 5. The number of allylic oxidation sites excluding steroid dienone is 1. The summed E-state index contributed by atoms with van der Waals surface area (Å²) in [6, 6.07) is 5.92. The Kier molecular flexibility index (Phi) is 10.3. The Morgan fingerprint density at radius 2 is 1.78 bits per heavy atom. The highest BCUT2D eigenvalue weighted by molar-refractivity contribution is 7.91. The van der Waals surface area contributed by atoms with Crippen molar-refractivity contribution in [2.45, 2.75) is 158 Å². The van der Waals surface area contributed by atoms with E-state index in [1.165, 1.54) is 4.90 Å².